The van der Waals surface area contributed by atoms with Gasteiger partial charge < -0.3 is 14.7 Å². The van der Waals surface area contributed by atoms with Gasteiger partial charge >= 0.3 is 0 Å². The minimum Gasteiger partial charge on any atom is -0.357 e. The third-order valence-electron chi connectivity index (χ3n) is 5.20. The van der Waals surface area contributed by atoms with Crippen molar-refractivity contribution in [1.29, 1.82) is 0 Å². The van der Waals surface area contributed by atoms with Crippen LogP contribution in [0.5, 0.6) is 0 Å². The first-order valence-electron chi connectivity index (χ1n) is 10.1. The summed E-state index contributed by atoms with van der Waals surface area (Å²) in [6, 6.07) is 4.46. The molecule has 4 rings (SSSR count). The summed E-state index contributed by atoms with van der Waals surface area (Å²) in [5.74, 6) is 0.376. The predicted molar refractivity (Wildman–Crippen MR) is 113 cm³/mol. The van der Waals surface area contributed by atoms with E-state index >= 15 is 4.39 Å². The van der Waals surface area contributed by atoms with Crippen LogP contribution < -0.4 is 10.2 Å². The number of carbonyl (C=O) groups is 1. The maximum atomic E-state index is 15.0. The number of nitrogens with zero attached hydrogens (tertiary/aromatic N) is 4. The van der Waals surface area contributed by atoms with Gasteiger partial charge in [0, 0.05) is 23.9 Å². The molecule has 0 radical (unpaired) electrons. The lowest BCUT2D eigenvalue weighted by Crippen LogP contribution is -2.49. The van der Waals surface area contributed by atoms with Crippen LogP contribution in [0, 0.1) is 12.7 Å². The van der Waals surface area contributed by atoms with Gasteiger partial charge in [-0.05, 0) is 44.4 Å². The summed E-state index contributed by atoms with van der Waals surface area (Å²) in [5.41, 5.74) is 1.81. The SMILES string of the molecule is CCc1nc(-c2ccc(N3CCCCC3C(=O)NCc3csc(C)n3)c(F)c2)no1. The molecule has 7 nitrogen and oxygen atoms in total. The van der Waals surface area contributed by atoms with Gasteiger partial charge in [-0.3, -0.25) is 4.79 Å². The Bertz CT molecular complexity index is 1030. The van der Waals surface area contributed by atoms with Crippen molar-refractivity contribution in [3.8, 4) is 11.4 Å². The van der Waals surface area contributed by atoms with E-state index < -0.39 is 11.9 Å². The average Bonchev–Trinajstić information content (AvgIpc) is 3.41. The summed E-state index contributed by atoms with van der Waals surface area (Å²) in [7, 11) is 0. The standard InChI is InChI=1S/C21H24FN5O2S/c1-3-19-25-20(26-29-19)14-7-8-17(16(22)10-14)27-9-5-4-6-18(27)21(28)23-11-15-12-30-13(2)24-15/h7-8,10,12,18H,3-6,9,11H2,1-2H3,(H,23,28). The van der Waals surface area contributed by atoms with Crippen molar-refractivity contribution in [2.45, 2.75) is 52.1 Å². The van der Waals surface area contributed by atoms with E-state index in [4.69, 9.17) is 4.52 Å². The van der Waals surface area contributed by atoms with Crippen LogP contribution in [0.3, 0.4) is 0 Å². The molecule has 1 aromatic carbocycles. The largest absolute Gasteiger partial charge is 0.357 e. The maximum absolute atomic E-state index is 15.0. The fraction of sp³-hybridized carbons (Fsp3) is 0.429. The molecule has 3 aromatic rings. The molecule has 1 aliphatic heterocycles. The second kappa shape index (κ2) is 8.91. The Hall–Kier alpha value is -2.81. The molecule has 1 amide bonds. The Kier molecular flexibility index (Phi) is 6.08. The van der Waals surface area contributed by atoms with Gasteiger partial charge in [0.1, 0.15) is 11.9 Å². The van der Waals surface area contributed by atoms with Crippen molar-refractivity contribution in [2.75, 3.05) is 11.4 Å². The number of thiazole rings is 1. The smallest absolute Gasteiger partial charge is 0.243 e. The van der Waals surface area contributed by atoms with Crippen molar-refractivity contribution < 1.29 is 13.7 Å². The Balaban J connectivity index is 1.50. The number of aryl methyl sites for hydroxylation is 2. The summed E-state index contributed by atoms with van der Waals surface area (Å²) < 4.78 is 20.1. The number of halogens is 1. The molecule has 1 aliphatic rings. The Labute approximate surface area is 178 Å². The molecule has 9 heteroatoms. The summed E-state index contributed by atoms with van der Waals surface area (Å²) in [5, 5.41) is 9.76. The number of amides is 1. The van der Waals surface area contributed by atoms with Crippen LogP contribution in [-0.2, 0) is 17.8 Å². The van der Waals surface area contributed by atoms with E-state index in [-0.39, 0.29) is 5.91 Å². The normalized spacial score (nSPS) is 16.6. The number of hydrogen-bond acceptors (Lipinski definition) is 7. The van der Waals surface area contributed by atoms with Crippen molar-refractivity contribution >= 4 is 22.9 Å². The first-order chi connectivity index (χ1) is 14.5. The molecular weight excluding hydrogens is 405 g/mol. The molecule has 3 heterocycles. The minimum absolute atomic E-state index is 0.102. The molecule has 1 N–H and O–H groups in total. The van der Waals surface area contributed by atoms with E-state index in [1.165, 1.54) is 6.07 Å². The van der Waals surface area contributed by atoms with Gasteiger partial charge in [-0.2, -0.15) is 4.98 Å². The predicted octanol–water partition coefficient (Wildman–Crippen LogP) is 3.88. The van der Waals surface area contributed by atoms with Crippen LogP contribution in [0.25, 0.3) is 11.4 Å². The number of piperidine rings is 1. The van der Waals surface area contributed by atoms with E-state index in [1.807, 2.05) is 24.1 Å². The highest BCUT2D eigenvalue weighted by Gasteiger charge is 2.30. The molecule has 0 bridgehead atoms. The fourth-order valence-corrected chi connectivity index (χ4v) is 4.28. The number of carbonyl (C=O) groups excluding carboxylic acids is 1. The van der Waals surface area contributed by atoms with Gasteiger partial charge in [0.15, 0.2) is 0 Å². The molecule has 1 atom stereocenters. The Morgan fingerprint density at radius 1 is 1.37 bits per heavy atom. The highest BCUT2D eigenvalue weighted by Crippen LogP contribution is 2.30. The molecule has 0 aliphatic carbocycles. The molecule has 0 saturated carbocycles. The quantitative estimate of drug-likeness (QED) is 0.640. The lowest BCUT2D eigenvalue weighted by molar-refractivity contribution is -0.123. The highest BCUT2D eigenvalue weighted by atomic mass is 32.1. The van der Waals surface area contributed by atoms with Gasteiger partial charge in [-0.1, -0.05) is 12.1 Å². The number of rotatable bonds is 6. The first kappa shape index (κ1) is 20.5. The van der Waals surface area contributed by atoms with Crippen molar-refractivity contribution in [2.24, 2.45) is 0 Å². The minimum atomic E-state index is -0.407. The van der Waals surface area contributed by atoms with Crippen LogP contribution >= 0.6 is 11.3 Å². The van der Waals surface area contributed by atoms with Gasteiger partial charge in [0.2, 0.25) is 17.6 Å². The maximum Gasteiger partial charge on any atom is 0.243 e. The second-order valence-electron chi connectivity index (χ2n) is 7.31. The number of nitrogens with one attached hydrogen (secondary N) is 1. The van der Waals surface area contributed by atoms with Crippen molar-refractivity contribution in [3.63, 3.8) is 0 Å². The molecular formula is C21H24FN5O2S. The molecule has 1 unspecified atom stereocenters. The summed E-state index contributed by atoms with van der Waals surface area (Å²) in [6.45, 7) is 4.86. The molecule has 1 saturated heterocycles. The number of benzene rings is 1. The summed E-state index contributed by atoms with van der Waals surface area (Å²) >= 11 is 1.55. The summed E-state index contributed by atoms with van der Waals surface area (Å²) in [4.78, 5) is 23.4. The Morgan fingerprint density at radius 3 is 2.93 bits per heavy atom. The fourth-order valence-electron chi connectivity index (χ4n) is 3.67. The zero-order chi connectivity index (χ0) is 21.1. The van der Waals surface area contributed by atoms with Gasteiger partial charge in [0.25, 0.3) is 0 Å². The lowest BCUT2D eigenvalue weighted by Gasteiger charge is -2.36. The molecule has 1 fully saturated rings. The van der Waals surface area contributed by atoms with Gasteiger partial charge in [-0.15, -0.1) is 11.3 Å². The van der Waals surface area contributed by atoms with Crippen LogP contribution in [0.2, 0.25) is 0 Å². The van der Waals surface area contributed by atoms with E-state index in [9.17, 15) is 4.79 Å². The number of hydrogen-bond donors (Lipinski definition) is 1. The van der Waals surface area contributed by atoms with Gasteiger partial charge in [0.05, 0.1) is 22.9 Å². The topological polar surface area (TPSA) is 84.2 Å². The van der Waals surface area contributed by atoms with Gasteiger partial charge in [-0.25, -0.2) is 9.37 Å². The van der Waals surface area contributed by atoms with Crippen LogP contribution in [-0.4, -0.2) is 33.6 Å². The van der Waals surface area contributed by atoms with Crippen LogP contribution in [0.4, 0.5) is 10.1 Å². The number of anilines is 1. The third-order valence-corrected chi connectivity index (χ3v) is 6.02. The molecule has 2 aromatic heterocycles. The van der Waals surface area contributed by atoms with Crippen molar-refractivity contribution in [3.05, 3.63) is 46.0 Å². The molecule has 158 valence electrons. The molecule has 30 heavy (non-hydrogen) atoms. The molecule has 0 spiro atoms. The first-order valence-corrected chi connectivity index (χ1v) is 11.0. The van der Waals surface area contributed by atoms with E-state index in [0.29, 0.717) is 48.9 Å². The lowest BCUT2D eigenvalue weighted by atomic mass is 9.99. The third kappa shape index (κ3) is 4.35. The number of aromatic nitrogens is 3. The van der Waals surface area contributed by atoms with Crippen LogP contribution in [0.1, 0.15) is 42.8 Å². The highest BCUT2D eigenvalue weighted by molar-refractivity contribution is 7.09. The van der Waals surface area contributed by atoms with Crippen molar-refractivity contribution in [1.82, 2.24) is 20.4 Å². The average molecular weight is 430 g/mol. The zero-order valence-electron chi connectivity index (χ0n) is 17.0. The summed E-state index contributed by atoms with van der Waals surface area (Å²) in [6.07, 6.45) is 3.17. The van der Waals surface area contributed by atoms with Crippen LogP contribution in [0.15, 0.2) is 28.1 Å². The monoisotopic (exact) mass is 429 g/mol. The zero-order valence-corrected chi connectivity index (χ0v) is 17.8. The second-order valence-corrected chi connectivity index (χ2v) is 8.37. The Morgan fingerprint density at radius 2 is 2.23 bits per heavy atom. The van der Waals surface area contributed by atoms with E-state index in [2.05, 4.69) is 20.4 Å². The van der Waals surface area contributed by atoms with E-state index in [1.54, 1.807) is 23.5 Å². The van der Waals surface area contributed by atoms with E-state index in [0.717, 1.165) is 23.5 Å².